The molecule has 142 valence electrons. The third-order valence-corrected chi connectivity index (χ3v) is 5.92. The Labute approximate surface area is 158 Å². The van der Waals surface area contributed by atoms with Crippen LogP contribution in [0.15, 0.2) is 41.1 Å². The van der Waals surface area contributed by atoms with Gasteiger partial charge in [0.1, 0.15) is 11.6 Å². The fraction of sp³-hybridized carbons (Fsp3) is 0.389. The summed E-state index contributed by atoms with van der Waals surface area (Å²) >= 11 is 0. The standard InChI is InChI=1S/C18H21N5O3S/c19-17-16-14(12-27(24,25)22-17)5-1-6-15(16)26-11-13-4-2-9-23(10-13)18-20-7-3-8-21-18/h1,3,5-8,13H,2,4,9-12H2,(H2,19,22)/t13-/m0/s1. The maximum Gasteiger partial charge on any atom is 0.259 e. The van der Waals surface area contributed by atoms with Gasteiger partial charge in [0.2, 0.25) is 5.95 Å². The fourth-order valence-corrected chi connectivity index (χ4v) is 4.67. The van der Waals surface area contributed by atoms with Crippen LogP contribution >= 0.6 is 0 Å². The molecule has 0 amide bonds. The molecule has 1 aromatic carbocycles. The number of rotatable bonds is 4. The van der Waals surface area contributed by atoms with Gasteiger partial charge in [-0.15, -0.1) is 4.40 Å². The molecule has 8 nitrogen and oxygen atoms in total. The quantitative estimate of drug-likeness (QED) is 0.842. The fourth-order valence-electron chi connectivity index (χ4n) is 3.58. The zero-order valence-corrected chi connectivity index (χ0v) is 15.6. The predicted octanol–water partition coefficient (Wildman–Crippen LogP) is 1.32. The lowest BCUT2D eigenvalue weighted by Crippen LogP contribution is -2.38. The molecule has 2 N–H and O–H groups in total. The number of nitrogens with two attached hydrogens (primary N) is 1. The molecule has 4 rings (SSSR count). The summed E-state index contributed by atoms with van der Waals surface area (Å²) in [5.74, 6) is 1.49. The number of anilines is 1. The summed E-state index contributed by atoms with van der Waals surface area (Å²) in [7, 11) is -3.55. The van der Waals surface area contributed by atoms with Crippen molar-refractivity contribution >= 4 is 21.8 Å². The van der Waals surface area contributed by atoms with E-state index in [4.69, 9.17) is 10.5 Å². The Morgan fingerprint density at radius 2 is 2.04 bits per heavy atom. The van der Waals surface area contributed by atoms with Crippen LogP contribution in [-0.4, -0.2) is 43.9 Å². The summed E-state index contributed by atoms with van der Waals surface area (Å²) in [5, 5.41) is 0. The van der Waals surface area contributed by atoms with Crippen LogP contribution < -0.4 is 15.4 Å². The summed E-state index contributed by atoms with van der Waals surface area (Å²) in [6.45, 7) is 2.26. The Morgan fingerprint density at radius 3 is 2.85 bits per heavy atom. The average molecular weight is 387 g/mol. The first kappa shape index (κ1) is 17.7. The maximum atomic E-state index is 11.8. The van der Waals surface area contributed by atoms with Crippen LogP contribution in [0.4, 0.5) is 5.95 Å². The minimum absolute atomic E-state index is 0.00481. The van der Waals surface area contributed by atoms with Crippen LogP contribution in [-0.2, 0) is 15.8 Å². The monoisotopic (exact) mass is 387 g/mol. The topological polar surface area (TPSA) is 111 Å². The van der Waals surface area contributed by atoms with Crippen LogP contribution in [0.2, 0.25) is 0 Å². The smallest absolute Gasteiger partial charge is 0.259 e. The predicted molar refractivity (Wildman–Crippen MR) is 102 cm³/mol. The van der Waals surface area contributed by atoms with Crippen molar-refractivity contribution in [3.05, 3.63) is 47.8 Å². The molecule has 1 fully saturated rings. The molecule has 3 heterocycles. The second-order valence-electron chi connectivity index (χ2n) is 6.81. The minimum atomic E-state index is -3.55. The number of nitrogens with zero attached hydrogens (tertiary/aromatic N) is 4. The first-order valence-electron chi connectivity index (χ1n) is 8.87. The Bertz CT molecular complexity index is 962. The van der Waals surface area contributed by atoms with Crippen molar-refractivity contribution in [1.82, 2.24) is 9.97 Å². The molecular formula is C18H21N5O3S. The summed E-state index contributed by atoms with van der Waals surface area (Å²) in [6.07, 6.45) is 5.58. The van der Waals surface area contributed by atoms with E-state index in [0.29, 0.717) is 29.4 Å². The normalized spacial score (nSPS) is 21.3. The van der Waals surface area contributed by atoms with E-state index in [1.165, 1.54) is 0 Å². The molecule has 1 aromatic heterocycles. The lowest BCUT2D eigenvalue weighted by atomic mass is 9.99. The molecule has 0 spiro atoms. The molecule has 1 saturated heterocycles. The third-order valence-electron chi connectivity index (χ3n) is 4.77. The second-order valence-corrected chi connectivity index (χ2v) is 8.44. The van der Waals surface area contributed by atoms with Crippen LogP contribution in [0, 0.1) is 5.92 Å². The largest absolute Gasteiger partial charge is 0.492 e. The van der Waals surface area contributed by atoms with Crippen molar-refractivity contribution in [3.8, 4) is 5.75 Å². The van der Waals surface area contributed by atoms with Crippen molar-refractivity contribution in [2.24, 2.45) is 16.0 Å². The number of sulfonamides is 1. The molecule has 0 bridgehead atoms. The molecule has 27 heavy (non-hydrogen) atoms. The van der Waals surface area contributed by atoms with Gasteiger partial charge in [-0.25, -0.2) is 18.4 Å². The molecule has 0 saturated carbocycles. The third kappa shape index (κ3) is 3.87. The van der Waals surface area contributed by atoms with Crippen molar-refractivity contribution < 1.29 is 13.2 Å². The zero-order valence-electron chi connectivity index (χ0n) is 14.8. The number of amidine groups is 1. The Balaban J connectivity index is 1.47. The Morgan fingerprint density at radius 1 is 1.22 bits per heavy atom. The van der Waals surface area contributed by atoms with Crippen molar-refractivity contribution in [2.75, 3.05) is 24.6 Å². The zero-order chi connectivity index (χ0) is 18.9. The first-order valence-corrected chi connectivity index (χ1v) is 10.5. The van der Waals surface area contributed by atoms with Gasteiger partial charge in [-0.05, 0) is 30.5 Å². The van der Waals surface area contributed by atoms with Gasteiger partial charge < -0.3 is 15.4 Å². The van der Waals surface area contributed by atoms with Crippen molar-refractivity contribution in [2.45, 2.75) is 18.6 Å². The number of hydrogen-bond donors (Lipinski definition) is 1. The maximum absolute atomic E-state index is 11.8. The number of fused-ring (bicyclic) bond motifs is 1. The Kier molecular flexibility index (Phi) is 4.69. The molecule has 0 aliphatic carbocycles. The minimum Gasteiger partial charge on any atom is -0.492 e. The van der Waals surface area contributed by atoms with Gasteiger partial charge in [-0.2, -0.15) is 0 Å². The van der Waals surface area contributed by atoms with E-state index < -0.39 is 10.0 Å². The lowest BCUT2D eigenvalue weighted by molar-refractivity contribution is 0.227. The molecule has 0 radical (unpaired) electrons. The highest BCUT2D eigenvalue weighted by atomic mass is 32.2. The second kappa shape index (κ2) is 7.15. The van der Waals surface area contributed by atoms with Gasteiger partial charge in [-0.1, -0.05) is 12.1 Å². The summed E-state index contributed by atoms with van der Waals surface area (Å²) in [6, 6.07) is 7.14. The van der Waals surface area contributed by atoms with Gasteiger partial charge in [0.25, 0.3) is 10.0 Å². The molecule has 9 heteroatoms. The van der Waals surface area contributed by atoms with Gasteiger partial charge in [-0.3, -0.25) is 0 Å². The number of ether oxygens (including phenoxy) is 1. The van der Waals surface area contributed by atoms with Crippen LogP contribution in [0.25, 0.3) is 0 Å². The van der Waals surface area contributed by atoms with Gasteiger partial charge in [0.05, 0.1) is 17.9 Å². The van der Waals surface area contributed by atoms with Gasteiger partial charge in [0.15, 0.2) is 0 Å². The molecule has 1 atom stereocenters. The van der Waals surface area contributed by atoms with E-state index in [0.717, 1.165) is 31.9 Å². The molecule has 2 aliphatic heterocycles. The van der Waals surface area contributed by atoms with E-state index in [9.17, 15) is 8.42 Å². The molecule has 2 aliphatic rings. The highest BCUT2D eigenvalue weighted by Crippen LogP contribution is 2.29. The van der Waals surface area contributed by atoms with Crippen LogP contribution in [0.1, 0.15) is 24.0 Å². The average Bonchev–Trinajstić information content (AvgIpc) is 2.66. The van der Waals surface area contributed by atoms with E-state index in [1.54, 1.807) is 36.7 Å². The van der Waals surface area contributed by atoms with Crippen molar-refractivity contribution in [3.63, 3.8) is 0 Å². The molecule has 2 aromatic rings. The van der Waals surface area contributed by atoms with Crippen LogP contribution in [0.5, 0.6) is 5.75 Å². The summed E-state index contributed by atoms with van der Waals surface area (Å²) in [5.41, 5.74) is 7.11. The lowest BCUT2D eigenvalue weighted by Gasteiger charge is -2.32. The van der Waals surface area contributed by atoms with Gasteiger partial charge in [0, 0.05) is 31.4 Å². The highest BCUT2D eigenvalue weighted by molar-refractivity contribution is 7.89. The van der Waals surface area contributed by atoms with Gasteiger partial charge >= 0.3 is 0 Å². The first-order chi connectivity index (χ1) is 13.0. The highest BCUT2D eigenvalue weighted by Gasteiger charge is 2.26. The Hall–Kier alpha value is -2.68. The summed E-state index contributed by atoms with van der Waals surface area (Å²) in [4.78, 5) is 10.8. The number of piperidine rings is 1. The van der Waals surface area contributed by atoms with E-state index in [-0.39, 0.29) is 11.6 Å². The van der Waals surface area contributed by atoms with E-state index in [1.807, 2.05) is 0 Å². The van der Waals surface area contributed by atoms with Crippen LogP contribution in [0.3, 0.4) is 0 Å². The SMILES string of the molecule is NC1=NS(=O)(=O)Cc2cccc(OC[C@H]3CCCN(c4ncccn4)C3)c21. The molecular weight excluding hydrogens is 366 g/mol. The number of hydrogen-bond acceptors (Lipinski definition) is 7. The van der Waals surface area contributed by atoms with Crippen molar-refractivity contribution in [1.29, 1.82) is 0 Å². The number of aromatic nitrogens is 2. The number of benzene rings is 1. The molecule has 0 unspecified atom stereocenters. The van der Waals surface area contributed by atoms with E-state index in [2.05, 4.69) is 19.3 Å². The summed E-state index contributed by atoms with van der Waals surface area (Å²) < 4.78 is 33.2. The van der Waals surface area contributed by atoms with E-state index >= 15 is 0 Å².